The third-order valence-electron chi connectivity index (χ3n) is 2.86. The number of hydrogen-bond donors (Lipinski definition) is 2. The van der Waals surface area contributed by atoms with E-state index in [9.17, 15) is 9.59 Å². The molecule has 0 radical (unpaired) electrons. The number of hydrogen-bond acceptors (Lipinski definition) is 2. The second kappa shape index (κ2) is 8.77. The number of nitrogens with one attached hydrogen (secondary N) is 1. The topological polar surface area (TPSA) is 69.6 Å². The Labute approximate surface area is 116 Å². The fourth-order valence-electron chi connectivity index (χ4n) is 1.96. The first kappa shape index (κ1) is 17.7. The second-order valence-corrected chi connectivity index (χ2v) is 5.78. The predicted octanol–water partition coefficient (Wildman–Crippen LogP) is 2.42. The van der Waals surface area contributed by atoms with Gasteiger partial charge in [0.05, 0.1) is 5.92 Å². The molecule has 0 aromatic rings. The van der Waals surface area contributed by atoms with Crippen molar-refractivity contribution in [1.29, 1.82) is 0 Å². The summed E-state index contributed by atoms with van der Waals surface area (Å²) < 4.78 is 0. The van der Waals surface area contributed by atoms with Crippen molar-refractivity contribution in [3.8, 4) is 0 Å². The van der Waals surface area contributed by atoms with Crippen molar-refractivity contribution < 1.29 is 14.7 Å². The van der Waals surface area contributed by atoms with Crippen molar-refractivity contribution in [2.45, 2.75) is 41.0 Å². The van der Waals surface area contributed by atoms with Crippen molar-refractivity contribution in [1.82, 2.24) is 10.2 Å². The van der Waals surface area contributed by atoms with E-state index in [0.29, 0.717) is 31.3 Å². The van der Waals surface area contributed by atoms with E-state index in [4.69, 9.17) is 5.11 Å². The fourth-order valence-corrected chi connectivity index (χ4v) is 1.96. The highest BCUT2D eigenvalue weighted by atomic mass is 16.4. The molecule has 2 N–H and O–H groups in total. The van der Waals surface area contributed by atoms with E-state index >= 15 is 0 Å². The number of aliphatic carboxylic acids is 1. The van der Waals surface area contributed by atoms with Gasteiger partial charge in [-0.15, -0.1) is 0 Å². The van der Waals surface area contributed by atoms with Crippen LogP contribution < -0.4 is 5.32 Å². The first-order valence-corrected chi connectivity index (χ1v) is 7.03. The standard InChI is InChI=1S/C14H28N2O3/c1-6-16(9-11(4)5)14(19)15-8-12(13(17)18)7-10(2)3/h10-12H,6-9H2,1-5H3,(H,15,19)(H,17,18). The van der Waals surface area contributed by atoms with Crippen molar-refractivity contribution in [3.05, 3.63) is 0 Å². The average molecular weight is 272 g/mol. The molecule has 0 aromatic carbocycles. The van der Waals surface area contributed by atoms with Crippen LogP contribution in [0.25, 0.3) is 0 Å². The molecule has 5 heteroatoms. The summed E-state index contributed by atoms with van der Waals surface area (Å²) in [5.41, 5.74) is 0. The Morgan fingerprint density at radius 1 is 1.16 bits per heavy atom. The van der Waals surface area contributed by atoms with Crippen LogP contribution in [-0.2, 0) is 4.79 Å². The van der Waals surface area contributed by atoms with Crippen LogP contribution in [0.1, 0.15) is 41.0 Å². The maximum absolute atomic E-state index is 11.9. The Morgan fingerprint density at radius 3 is 2.11 bits per heavy atom. The third-order valence-corrected chi connectivity index (χ3v) is 2.86. The highest BCUT2D eigenvalue weighted by Crippen LogP contribution is 2.11. The molecule has 1 unspecified atom stereocenters. The summed E-state index contributed by atoms with van der Waals surface area (Å²) >= 11 is 0. The van der Waals surface area contributed by atoms with Crippen LogP contribution in [0.15, 0.2) is 0 Å². The van der Waals surface area contributed by atoms with Crippen molar-refractivity contribution in [3.63, 3.8) is 0 Å². The molecule has 5 nitrogen and oxygen atoms in total. The number of carbonyl (C=O) groups is 2. The van der Waals surface area contributed by atoms with Gasteiger partial charge in [-0.05, 0) is 25.2 Å². The largest absolute Gasteiger partial charge is 0.481 e. The Hall–Kier alpha value is -1.26. The minimum absolute atomic E-state index is 0.175. The van der Waals surface area contributed by atoms with Crippen molar-refractivity contribution in [2.75, 3.05) is 19.6 Å². The minimum Gasteiger partial charge on any atom is -0.481 e. The highest BCUT2D eigenvalue weighted by molar-refractivity contribution is 5.76. The van der Waals surface area contributed by atoms with Crippen LogP contribution in [0.3, 0.4) is 0 Å². The van der Waals surface area contributed by atoms with Gasteiger partial charge in [0.2, 0.25) is 0 Å². The maximum Gasteiger partial charge on any atom is 0.317 e. The maximum atomic E-state index is 11.9. The zero-order chi connectivity index (χ0) is 15.0. The summed E-state index contributed by atoms with van der Waals surface area (Å²) in [5, 5.41) is 11.8. The van der Waals surface area contributed by atoms with Gasteiger partial charge in [0.15, 0.2) is 0 Å². The summed E-state index contributed by atoms with van der Waals surface area (Å²) in [5.74, 6) is -0.657. The number of nitrogens with zero attached hydrogens (tertiary/aromatic N) is 1. The Kier molecular flexibility index (Phi) is 8.19. The van der Waals surface area contributed by atoms with E-state index < -0.39 is 11.9 Å². The van der Waals surface area contributed by atoms with E-state index in [1.54, 1.807) is 4.90 Å². The molecule has 0 rings (SSSR count). The Bertz CT molecular complexity index is 290. The molecular formula is C14H28N2O3. The minimum atomic E-state index is -0.846. The summed E-state index contributed by atoms with van der Waals surface area (Å²) in [6, 6.07) is -0.175. The average Bonchev–Trinajstić information content (AvgIpc) is 2.29. The quantitative estimate of drug-likeness (QED) is 0.713. The lowest BCUT2D eigenvalue weighted by atomic mass is 9.97. The molecule has 0 heterocycles. The van der Waals surface area contributed by atoms with Gasteiger partial charge in [-0.25, -0.2) is 4.79 Å². The number of rotatable bonds is 8. The van der Waals surface area contributed by atoms with Gasteiger partial charge >= 0.3 is 12.0 Å². The van der Waals surface area contributed by atoms with Crippen LogP contribution in [0, 0.1) is 17.8 Å². The SMILES string of the molecule is CCN(CC(C)C)C(=O)NCC(CC(C)C)C(=O)O. The van der Waals surface area contributed by atoms with Gasteiger partial charge in [-0.3, -0.25) is 4.79 Å². The molecule has 2 amide bonds. The smallest absolute Gasteiger partial charge is 0.317 e. The van der Waals surface area contributed by atoms with Gasteiger partial charge in [0.25, 0.3) is 0 Å². The summed E-state index contributed by atoms with van der Waals surface area (Å²) in [6.45, 7) is 11.5. The molecule has 0 saturated heterocycles. The number of carboxylic acids is 1. The molecule has 0 aromatic heterocycles. The first-order chi connectivity index (χ1) is 8.77. The first-order valence-electron chi connectivity index (χ1n) is 7.03. The molecule has 0 aliphatic heterocycles. The van der Waals surface area contributed by atoms with Gasteiger partial charge in [-0.2, -0.15) is 0 Å². The predicted molar refractivity (Wildman–Crippen MR) is 76.1 cm³/mol. The number of amides is 2. The van der Waals surface area contributed by atoms with Gasteiger partial charge in [0.1, 0.15) is 0 Å². The second-order valence-electron chi connectivity index (χ2n) is 5.78. The summed E-state index contributed by atoms with van der Waals surface area (Å²) in [4.78, 5) is 24.8. The third kappa shape index (κ3) is 7.70. The zero-order valence-corrected chi connectivity index (χ0v) is 12.8. The zero-order valence-electron chi connectivity index (χ0n) is 12.8. The molecule has 1 atom stereocenters. The number of carboxylic acid groups (broad SMARTS) is 1. The lowest BCUT2D eigenvalue weighted by Crippen LogP contribution is -2.44. The molecule has 112 valence electrons. The fraction of sp³-hybridized carbons (Fsp3) is 0.857. The normalized spacial score (nSPS) is 12.6. The molecule has 19 heavy (non-hydrogen) atoms. The summed E-state index contributed by atoms with van der Waals surface area (Å²) in [6.07, 6.45) is 0.575. The monoisotopic (exact) mass is 272 g/mol. The van der Waals surface area contributed by atoms with E-state index in [1.165, 1.54) is 0 Å². The molecule has 0 saturated carbocycles. The Balaban J connectivity index is 4.33. The lowest BCUT2D eigenvalue weighted by molar-refractivity contribution is -0.142. The molecule has 0 aliphatic rings. The van der Waals surface area contributed by atoms with E-state index in [-0.39, 0.29) is 12.6 Å². The van der Waals surface area contributed by atoms with Crippen LogP contribution in [-0.4, -0.2) is 41.6 Å². The highest BCUT2D eigenvalue weighted by Gasteiger charge is 2.21. The van der Waals surface area contributed by atoms with Crippen LogP contribution in [0.5, 0.6) is 0 Å². The lowest BCUT2D eigenvalue weighted by Gasteiger charge is -2.24. The molecule has 0 bridgehead atoms. The van der Waals surface area contributed by atoms with Gasteiger partial charge in [-0.1, -0.05) is 27.7 Å². The van der Waals surface area contributed by atoms with Crippen molar-refractivity contribution >= 4 is 12.0 Å². The van der Waals surface area contributed by atoms with Gasteiger partial charge < -0.3 is 15.3 Å². The van der Waals surface area contributed by atoms with Crippen LogP contribution in [0.2, 0.25) is 0 Å². The van der Waals surface area contributed by atoms with Crippen LogP contribution >= 0.6 is 0 Å². The van der Waals surface area contributed by atoms with E-state index in [1.807, 2.05) is 20.8 Å². The Morgan fingerprint density at radius 2 is 1.74 bits per heavy atom. The molecule has 0 fully saturated rings. The molecular weight excluding hydrogens is 244 g/mol. The number of carbonyl (C=O) groups excluding carboxylic acids is 1. The van der Waals surface area contributed by atoms with Crippen LogP contribution in [0.4, 0.5) is 4.79 Å². The van der Waals surface area contributed by atoms with Gasteiger partial charge in [0, 0.05) is 19.6 Å². The summed E-state index contributed by atoms with van der Waals surface area (Å²) in [7, 11) is 0. The van der Waals surface area contributed by atoms with E-state index in [2.05, 4.69) is 19.2 Å². The van der Waals surface area contributed by atoms with E-state index in [0.717, 1.165) is 0 Å². The van der Waals surface area contributed by atoms with Crippen molar-refractivity contribution in [2.24, 2.45) is 17.8 Å². The molecule has 0 spiro atoms. The molecule has 0 aliphatic carbocycles. The number of urea groups is 1.